The Hall–Kier alpha value is -1.17. The first kappa shape index (κ1) is 13.9. The summed E-state index contributed by atoms with van der Waals surface area (Å²) in [6.45, 7) is 1.74. The standard InChI is InChI=1S/C11H11F5O/c1-7-2-4-8(5-3-7)9(17)6-10(12,13)11(14,15)16/h2-5,9,17H,6H2,1H3. The summed E-state index contributed by atoms with van der Waals surface area (Å²) in [6, 6.07) is 5.72. The summed E-state index contributed by atoms with van der Waals surface area (Å²) in [6.07, 6.45) is -9.15. The lowest BCUT2D eigenvalue weighted by molar-refractivity contribution is -0.290. The number of benzene rings is 1. The third-order valence-corrected chi connectivity index (χ3v) is 2.33. The van der Waals surface area contributed by atoms with Gasteiger partial charge in [-0.1, -0.05) is 29.8 Å². The lowest BCUT2D eigenvalue weighted by Gasteiger charge is -2.22. The molecule has 0 heterocycles. The summed E-state index contributed by atoms with van der Waals surface area (Å²) in [7, 11) is 0. The predicted molar refractivity (Wildman–Crippen MR) is 51.8 cm³/mol. The summed E-state index contributed by atoms with van der Waals surface area (Å²) < 4.78 is 61.1. The molecule has 0 radical (unpaired) electrons. The summed E-state index contributed by atoms with van der Waals surface area (Å²) in [5, 5.41) is 9.33. The van der Waals surface area contributed by atoms with E-state index in [4.69, 9.17) is 0 Å². The van der Waals surface area contributed by atoms with Crippen LogP contribution in [0.1, 0.15) is 23.7 Å². The third kappa shape index (κ3) is 3.39. The highest BCUT2D eigenvalue weighted by Gasteiger charge is 2.58. The van der Waals surface area contributed by atoms with Crippen molar-refractivity contribution in [3.8, 4) is 0 Å². The molecule has 0 aliphatic heterocycles. The van der Waals surface area contributed by atoms with E-state index in [1.165, 1.54) is 24.3 Å². The van der Waals surface area contributed by atoms with Crippen molar-refractivity contribution >= 4 is 0 Å². The molecule has 1 nitrogen and oxygen atoms in total. The van der Waals surface area contributed by atoms with Crippen LogP contribution in [0.3, 0.4) is 0 Å². The maximum Gasteiger partial charge on any atom is 0.453 e. The van der Waals surface area contributed by atoms with Crippen molar-refractivity contribution < 1.29 is 27.1 Å². The van der Waals surface area contributed by atoms with E-state index in [1.807, 2.05) is 0 Å². The van der Waals surface area contributed by atoms with Gasteiger partial charge in [0.2, 0.25) is 0 Å². The molecular formula is C11H11F5O. The molecule has 0 bridgehead atoms. The molecule has 0 spiro atoms. The highest BCUT2D eigenvalue weighted by atomic mass is 19.4. The second-order valence-corrected chi connectivity index (χ2v) is 3.83. The van der Waals surface area contributed by atoms with Gasteiger partial charge in [0.05, 0.1) is 12.5 Å². The van der Waals surface area contributed by atoms with Crippen LogP contribution < -0.4 is 0 Å². The Labute approximate surface area is 94.9 Å². The molecule has 6 heteroatoms. The molecule has 0 saturated heterocycles. The van der Waals surface area contributed by atoms with E-state index < -0.39 is 24.6 Å². The van der Waals surface area contributed by atoms with Gasteiger partial charge in [0, 0.05) is 0 Å². The maximum absolute atomic E-state index is 12.7. The van der Waals surface area contributed by atoms with Gasteiger partial charge in [-0.2, -0.15) is 22.0 Å². The number of aryl methyl sites for hydroxylation is 1. The molecule has 0 aliphatic rings. The Bertz CT molecular complexity index is 368. The Balaban J connectivity index is 2.79. The van der Waals surface area contributed by atoms with Gasteiger partial charge < -0.3 is 5.11 Å². The van der Waals surface area contributed by atoms with Gasteiger partial charge >= 0.3 is 12.1 Å². The van der Waals surface area contributed by atoms with Gasteiger partial charge in [-0.3, -0.25) is 0 Å². The van der Waals surface area contributed by atoms with Crippen molar-refractivity contribution in [3.63, 3.8) is 0 Å². The topological polar surface area (TPSA) is 20.2 Å². The van der Waals surface area contributed by atoms with Crippen LogP contribution in [0, 0.1) is 6.92 Å². The van der Waals surface area contributed by atoms with Gasteiger partial charge in [0.25, 0.3) is 0 Å². The van der Waals surface area contributed by atoms with Crippen LogP contribution in [0.25, 0.3) is 0 Å². The third-order valence-electron chi connectivity index (χ3n) is 2.33. The SMILES string of the molecule is Cc1ccc(C(O)CC(F)(F)C(F)(F)F)cc1. The average molecular weight is 254 g/mol. The molecule has 1 unspecified atom stereocenters. The molecule has 0 aliphatic carbocycles. The highest BCUT2D eigenvalue weighted by Crippen LogP contribution is 2.41. The Kier molecular flexibility index (Phi) is 3.76. The molecule has 0 aromatic heterocycles. The molecular weight excluding hydrogens is 243 g/mol. The summed E-state index contributed by atoms with van der Waals surface area (Å²) in [5.41, 5.74) is 0.864. The molecule has 1 aromatic carbocycles. The molecule has 1 N–H and O–H groups in total. The number of hydrogen-bond donors (Lipinski definition) is 1. The van der Waals surface area contributed by atoms with Gasteiger partial charge in [0.15, 0.2) is 0 Å². The van der Waals surface area contributed by atoms with E-state index in [-0.39, 0.29) is 5.56 Å². The Morgan fingerprint density at radius 2 is 1.53 bits per heavy atom. The fourth-order valence-electron chi connectivity index (χ4n) is 1.27. The summed E-state index contributed by atoms with van der Waals surface area (Å²) in [4.78, 5) is 0. The second-order valence-electron chi connectivity index (χ2n) is 3.83. The Morgan fingerprint density at radius 3 is 1.94 bits per heavy atom. The number of rotatable bonds is 3. The van der Waals surface area contributed by atoms with Crippen LogP contribution in [0.5, 0.6) is 0 Å². The van der Waals surface area contributed by atoms with E-state index in [1.54, 1.807) is 6.92 Å². The van der Waals surface area contributed by atoms with E-state index in [0.29, 0.717) is 0 Å². The number of hydrogen-bond acceptors (Lipinski definition) is 1. The molecule has 0 amide bonds. The first-order valence-electron chi connectivity index (χ1n) is 4.82. The number of aliphatic hydroxyl groups is 1. The number of alkyl halides is 5. The van der Waals surface area contributed by atoms with Crippen molar-refractivity contribution in [2.24, 2.45) is 0 Å². The first-order valence-corrected chi connectivity index (χ1v) is 4.82. The van der Waals surface area contributed by atoms with Gasteiger partial charge in [0.1, 0.15) is 0 Å². The molecule has 96 valence electrons. The molecule has 0 saturated carbocycles. The van der Waals surface area contributed by atoms with Crippen molar-refractivity contribution in [1.29, 1.82) is 0 Å². The molecule has 0 fully saturated rings. The fourth-order valence-corrected chi connectivity index (χ4v) is 1.27. The molecule has 17 heavy (non-hydrogen) atoms. The van der Waals surface area contributed by atoms with Crippen LogP contribution in [-0.2, 0) is 0 Å². The quantitative estimate of drug-likeness (QED) is 0.817. The van der Waals surface area contributed by atoms with Crippen LogP contribution in [-0.4, -0.2) is 17.2 Å². The second kappa shape index (κ2) is 4.60. The van der Waals surface area contributed by atoms with Crippen LogP contribution in [0.15, 0.2) is 24.3 Å². The monoisotopic (exact) mass is 254 g/mol. The van der Waals surface area contributed by atoms with Crippen LogP contribution in [0.4, 0.5) is 22.0 Å². The summed E-state index contributed by atoms with van der Waals surface area (Å²) in [5.74, 6) is -4.89. The minimum absolute atomic E-state index is 0.0412. The highest BCUT2D eigenvalue weighted by molar-refractivity contribution is 5.23. The lowest BCUT2D eigenvalue weighted by Crippen LogP contribution is -2.37. The van der Waals surface area contributed by atoms with Gasteiger partial charge in [-0.25, -0.2) is 0 Å². The number of aliphatic hydroxyl groups excluding tert-OH is 1. The zero-order chi connectivity index (χ0) is 13.3. The minimum atomic E-state index is -5.64. The first-order chi connectivity index (χ1) is 7.63. The van der Waals surface area contributed by atoms with Gasteiger partial charge in [-0.05, 0) is 12.5 Å². The minimum Gasteiger partial charge on any atom is -0.388 e. The number of halogens is 5. The van der Waals surface area contributed by atoms with E-state index >= 15 is 0 Å². The normalized spacial score (nSPS) is 14.8. The lowest BCUT2D eigenvalue weighted by atomic mass is 10.0. The van der Waals surface area contributed by atoms with E-state index in [9.17, 15) is 27.1 Å². The fraction of sp³-hybridized carbons (Fsp3) is 0.455. The smallest absolute Gasteiger partial charge is 0.388 e. The average Bonchev–Trinajstić information content (AvgIpc) is 2.16. The van der Waals surface area contributed by atoms with Gasteiger partial charge in [-0.15, -0.1) is 0 Å². The van der Waals surface area contributed by atoms with Crippen molar-refractivity contribution in [2.45, 2.75) is 31.5 Å². The largest absolute Gasteiger partial charge is 0.453 e. The Morgan fingerprint density at radius 1 is 1.06 bits per heavy atom. The zero-order valence-corrected chi connectivity index (χ0v) is 8.93. The predicted octanol–water partition coefficient (Wildman–Crippen LogP) is 3.62. The zero-order valence-electron chi connectivity index (χ0n) is 8.93. The van der Waals surface area contributed by atoms with Crippen LogP contribution >= 0.6 is 0 Å². The molecule has 1 atom stereocenters. The summed E-state index contributed by atoms with van der Waals surface area (Å²) >= 11 is 0. The van der Waals surface area contributed by atoms with E-state index in [0.717, 1.165) is 5.56 Å². The van der Waals surface area contributed by atoms with Crippen LogP contribution in [0.2, 0.25) is 0 Å². The van der Waals surface area contributed by atoms with Crippen molar-refractivity contribution in [1.82, 2.24) is 0 Å². The van der Waals surface area contributed by atoms with E-state index in [2.05, 4.69) is 0 Å². The molecule has 1 aromatic rings. The van der Waals surface area contributed by atoms with Crippen molar-refractivity contribution in [2.75, 3.05) is 0 Å². The molecule has 1 rings (SSSR count). The maximum atomic E-state index is 12.7. The van der Waals surface area contributed by atoms with Crippen molar-refractivity contribution in [3.05, 3.63) is 35.4 Å².